The molecule has 2 atom stereocenters. The quantitative estimate of drug-likeness (QED) is 0.545. The van der Waals surface area contributed by atoms with Gasteiger partial charge in [0, 0.05) is 23.2 Å². The van der Waals surface area contributed by atoms with Gasteiger partial charge in [-0.05, 0) is 35.6 Å². The van der Waals surface area contributed by atoms with Gasteiger partial charge in [0.2, 0.25) is 5.91 Å². The Bertz CT molecular complexity index is 1400. The van der Waals surface area contributed by atoms with Crippen molar-refractivity contribution in [2.45, 2.75) is 18.7 Å². The SMILES string of the molecule is CS(=O)(=O)OC(c1ccc2cc(-c3ccccc3C(F)(F)F)[nH]c(=O)c2c1)C1CCNC1=O. The van der Waals surface area contributed by atoms with E-state index in [0.29, 0.717) is 23.9 Å². The number of carbonyl (C=O) groups is 1. The smallest absolute Gasteiger partial charge is 0.356 e. The minimum Gasteiger partial charge on any atom is -0.356 e. The summed E-state index contributed by atoms with van der Waals surface area (Å²) >= 11 is 0. The number of halogens is 3. The number of hydrogen-bond donors (Lipinski definition) is 2. The van der Waals surface area contributed by atoms with E-state index >= 15 is 0 Å². The molecule has 0 saturated carbocycles. The Morgan fingerprint density at radius 2 is 1.82 bits per heavy atom. The number of hydrogen-bond acceptors (Lipinski definition) is 5. The summed E-state index contributed by atoms with van der Waals surface area (Å²) < 4.78 is 69.1. The van der Waals surface area contributed by atoms with E-state index in [4.69, 9.17) is 4.18 Å². The van der Waals surface area contributed by atoms with E-state index in [-0.39, 0.29) is 22.6 Å². The molecule has 174 valence electrons. The summed E-state index contributed by atoms with van der Waals surface area (Å²) in [6.45, 7) is 0.364. The Labute approximate surface area is 186 Å². The van der Waals surface area contributed by atoms with Crippen molar-refractivity contribution in [3.63, 3.8) is 0 Å². The van der Waals surface area contributed by atoms with Crippen LogP contribution < -0.4 is 10.9 Å². The average Bonchev–Trinajstić information content (AvgIpc) is 3.16. The molecule has 1 aromatic heterocycles. The summed E-state index contributed by atoms with van der Waals surface area (Å²) in [6.07, 6.45) is -4.53. The van der Waals surface area contributed by atoms with Gasteiger partial charge in [0.15, 0.2) is 0 Å². The molecule has 2 N–H and O–H groups in total. The van der Waals surface area contributed by atoms with E-state index in [9.17, 15) is 31.2 Å². The first kappa shape index (κ1) is 23.0. The largest absolute Gasteiger partial charge is 0.417 e. The molecule has 1 amide bonds. The van der Waals surface area contributed by atoms with E-state index in [1.165, 1.54) is 42.5 Å². The number of rotatable bonds is 5. The highest BCUT2D eigenvalue weighted by molar-refractivity contribution is 7.86. The second-order valence-corrected chi connectivity index (χ2v) is 9.41. The minimum absolute atomic E-state index is 0.00715. The van der Waals surface area contributed by atoms with Gasteiger partial charge in [-0.1, -0.05) is 30.3 Å². The van der Waals surface area contributed by atoms with Crippen molar-refractivity contribution in [3.8, 4) is 11.3 Å². The Kier molecular flexibility index (Phi) is 5.79. The first-order valence-electron chi connectivity index (χ1n) is 9.93. The van der Waals surface area contributed by atoms with Gasteiger partial charge < -0.3 is 10.3 Å². The van der Waals surface area contributed by atoms with E-state index in [1.807, 2.05) is 0 Å². The number of amides is 1. The number of pyridine rings is 1. The van der Waals surface area contributed by atoms with Crippen molar-refractivity contribution in [3.05, 3.63) is 70.0 Å². The second-order valence-electron chi connectivity index (χ2n) is 7.81. The number of fused-ring (bicyclic) bond motifs is 1. The molecule has 4 rings (SSSR count). The summed E-state index contributed by atoms with van der Waals surface area (Å²) in [7, 11) is -3.93. The van der Waals surface area contributed by atoms with Crippen LogP contribution in [-0.2, 0) is 25.3 Å². The summed E-state index contributed by atoms with van der Waals surface area (Å²) in [5, 5.41) is 3.10. The fourth-order valence-corrected chi connectivity index (χ4v) is 4.63. The molecule has 33 heavy (non-hydrogen) atoms. The zero-order chi connectivity index (χ0) is 24.0. The zero-order valence-electron chi connectivity index (χ0n) is 17.3. The summed E-state index contributed by atoms with van der Waals surface area (Å²) in [6, 6.07) is 10.7. The number of aromatic amines is 1. The standard InChI is InChI=1S/C22H19F3N2O5S/c1-33(30,31)32-19(15-8-9-26-20(15)28)13-7-6-12-11-18(27-21(29)16(12)10-13)14-4-2-3-5-17(14)22(23,24)25/h2-7,10-11,15,19H,8-9H2,1H3,(H,26,28)(H,27,29). The molecule has 0 radical (unpaired) electrons. The lowest BCUT2D eigenvalue weighted by molar-refractivity contribution is -0.137. The Morgan fingerprint density at radius 1 is 1.09 bits per heavy atom. The molecule has 0 aliphatic carbocycles. The number of alkyl halides is 3. The number of H-pyrrole nitrogens is 1. The summed E-state index contributed by atoms with van der Waals surface area (Å²) in [5.74, 6) is -1.13. The fourth-order valence-electron chi connectivity index (χ4n) is 4.01. The normalized spacial score (nSPS) is 17.8. The maximum Gasteiger partial charge on any atom is 0.417 e. The number of benzene rings is 2. The van der Waals surface area contributed by atoms with Gasteiger partial charge in [0.05, 0.1) is 17.7 Å². The molecule has 0 spiro atoms. The molecule has 2 heterocycles. The summed E-state index contributed by atoms with van der Waals surface area (Å²) in [4.78, 5) is 27.5. The van der Waals surface area contributed by atoms with E-state index in [1.54, 1.807) is 0 Å². The zero-order valence-corrected chi connectivity index (χ0v) is 18.1. The minimum atomic E-state index is -4.61. The van der Waals surface area contributed by atoms with Gasteiger partial charge in [-0.25, -0.2) is 0 Å². The van der Waals surface area contributed by atoms with Crippen LogP contribution >= 0.6 is 0 Å². The molecule has 7 nitrogen and oxygen atoms in total. The lowest BCUT2D eigenvalue weighted by atomic mass is 9.93. The predicted octanol–water partition coefficient (Wildman–Crippen LogP) is 3.37. The molecule has 1 aliphatic heterocycles. The van der Waals surface area contributed by atoms with Crippen molar-refractivity contribution in [1.29, 1.82) is 0 Å². The first-order valence-corrected chi connectivity index (χ1v) is 11.8. The number of carbonyl (C=O) groups excluding carboxylic acids is 1. The van der Waals surface area contributed by atoms with Crippen molar-refractivity contribution < 1.29 is 30.6 Å². The van der Waals surface area contributed by atoms with Crippen molar-refractivity contribution >= 4 is 26.8 Å². The third-order valence-corrected chi connectivity index (χ3v) is 6.01. The molecule has 2 aromatic carbocycles. The van der Waals surface area contributed by atoms with Crippen LogP contribution in [0.3, 0.4) is 0 Å². The van der Waals surface area contributed by atoms with E-state index < -0.39 is 39.4 Å². The molecule has 11 heteroatoms. The van der Waals surface area contributed by atoms with Gasteiger partial charge in [-0.3, -0.25) is 13.8 Å². The summed E-state index contributed by atoms with van der Waals surface area (Å²) in [5.41, 5.74) is -1.43. The topological polar surface area (TPSA) is 105 Å². The highest BCUT2D eigenvalue weighted by Gasteiger charge is 2.37. The Balaban J connectivity index is 1.82. The van der Waals surface area contributed by atoms with Gasteiger partial charge >= 0.3 is 6.18 Å². The van der Waals surface area contributed by atoms with E-state index in [0.717, 1.165) is 12.3 Å². The molecule has 1 fully saturated rings. The highest BCUT2D eigenvalue weighted by Crippen LogP contribution is 2.37. The molecule has 1 aliphatic rings. The Hall–Kier alpha value is -3.18. The molecule has 2 unspecified atom stereocenters. The third kappa shape index (κ3) is 4.79. The van der Waals surface area contributed by atoms with E-state index in [2.05, 4.69) is 10.3 Å². The van der Waals surface area contributed by atoms with Gasteiger partial charge in [-0.15, -0.1) is 0 Å². The van der Waals surface area contributed by atoms with Crippen LogP contribution in [0.1, 0.15) is 23.7 Å². The molecular formula is C22H19F3N2O5S. The van der Waals surface area contributed by atoms with Crippen molar-refractivity contribution in [2.24, 2.45) is 5.92 Å². The van der Waals surface area contributed by atoms with Crippen molar-refractivity contribution in [2.75, 3.05) is 12.8 Å². The second kappa shape index (κ2) is 8.31. The van der Waals surface area contributed by atoms with Crippen molar-refractivity contribution in [1.82, 2.24) is 10.3 Å². The molecule has 3 aromatic rings. The number of aromatic nitrogens is 1. The lowest BCUT2D eigenvalue weighted by Gasteiger charge is -2.21. The van der Waals surface area contributed by atoms with Crippen LogP contribution in [0.25, 0.3) is 22.0 Å². The fraction of sp³-hybridized carbons (Fsp3) is 0.273. The average molecular weight is 480 g/mol. The van der Waals surface area contributed by atoms with Gasteiger partial charge in [0.1, 0.15) is 6.10 Å². The maximum absolute atomic E-state index is 13.4. The molecule has 1 saturated heterocycles. The molecular weight excluding hydrogens is 461 g/mol. The van der Waals surface area contributed by atoms with Gasteiger partial charge in [-0.2, -0.15) is 21.6 Å². The number of nitrogens with one attached hydrogen (secondary N) is 2. The first-order chi connectivity index (χ1) is 15.4. The van der Waals surface area contributed by atoms with Crippen LogP contribution in [0.5, 0.6) is 0 Å². The predicted molar refractivity (Wildman–Crippen MR) is 115 cm³/mol. The maximum atomic E-state index is 13.4. The highest BCUT2D eigenvalue weighted by atomic mass is 32.2. The Morgan fingerprint density at radius 3 is 2.45 bits per heavy atom. The van der Waals surface area contributed by atoms with Crippen LogP contribution in [0.4, 0.5) is 13.2 Å². The van der Waals surface area contributed by atoms with Crippen LogP contribution in [-0.4, -0.2) is 32.1 Å². The monoisotopic (exact) mass is 480 g/mol. The van der Waals surface area contributed by atoms with Gasteiger partial charge in [0.25, 0.3) is 15.7 Å². The third-order valence-electron chi connectivity index (χ3n) is 5.46. The molecule has 0 bridgehead atoms. The lowest BCUT2D eigenvalue weighted by Crippen LogP contribution is -2.27. The van der Waals surface area contributed by atoms with Crippen LogP contribution in [0, 0.1) is 5.92 Å². The van der Waals surface area contributed by atoms with Crippen LogP contribution in [0.15, 0.2) is 53.3 Å². The van der Waals surface area contributed by atoms with Crippen LogP contribution in [0.2, 0.25) is 0 Å².